The maximum absolute atomic E-state index is 13.3. The summed E-state index contributed by atoms with van der Waals surface area (Å²) in [6.07, 6.45) is -0.132. The number of nitrogens with zero attached hydrogens (tertiary/aromatic N) is 1. The molecule has 0 amide bonds. The van der Waals surface area contributed by atoms with Gasteiger partial charge in [0.1, 0.15) is 11.6 Å². The van der Waals surface area contributed by atoms with Gasteiger partial charge in [-0.1, -0.05) is 18.2 Å². The van der Waals surface area contributed by atoms with Crippen molar-refractivity contribution < 1.29 is 13.9 Å². The van der Waals surface area contributed by atoms with Crippen LogP contribution in [0.2, 0.25) is 0 Å². The van der Waals surface area contributed by atoms with Gasteiger partial charge in [-0.25, -0.2) is 4.39 Å². The predicted octanol–water partition coefficient (Wildman–Crippen LogP) is 2.85. The number of carbonyl (C=O) groups excluding carboxylic acids is 1. The van der Waals surface area contributed by atoms with E-state index in [1.165, 1.54) is 24.3 Å². The minimum Gasteiger partial charge on any atom is -0.426 e. The first kappa shape index (κ1) is 12.8. The third kappa shape index (κ3) is 3.39. The van der Waals surface area contributed by atoms with E-state index in [1.807, 2.05) is 6.07 Å². The number of halogens is 1. The van der Waals surface area contributed by atoms with Crippen molar-refractivity contribution in [2.45, 2.75) is 6.42 Å². The molecule has 0 aliphatic carbocycles. The van der Waals surface area contributed by atoms with Gasteiger partial charge < -0.3 is 4.74 Å². The van der Waals surface area contributed by atoms with Crippen LogP contribution in [-0.2, 0) is 11.2 Å². The summed E-state index contributed by atoms with van der Waals surface area (Å²) < 4.78 is 18.4. The molecule has 4 heteroatoms. The summed E-state index contributed by atoms with van der Waals surface area (Å²) in [5.74, 6) is -0.644. The van der Waals surface area contributed by atoms with Crippen LogP contribution in [0.15, 0.2) is 48.5 Å². The molecule has 94 valence electrons. The summed E-state index contributed by atoms with van der Waals surface area (Å²) in [6.45, 7) is 0. The molecule has 2 rings (SSSR count). The largest absolute Gasteiger partial charge is 0.426 e. The molecule has 0 aliphatic heterocycles. The molecule has 0 atom stereocenters. The summed E-state index contributed by atoms with van der Waals surface area (Å²) in [5, 5.41) is 8.64. The number of hydrogen-bond acceptors (Lipinski definition) is 3. The molecule has 0 aromatic heterocycles. The first-order chi connectivity index (χ1) is 9.19. The number of carbonyl (C=O) groups is 1. The van der Waals surface area contributed by atoms with E-state index in [0.717, 1.165) is 0 Å². The average molecular weight is 255 g/mol. The molecule has 0 aliphatic rings. The molecule has 0 N–H and O–H groups in total. The third-order valence-electron chi connectivity index (χ3n) is 2.51. The smallest absolute Gasteiger partial charge is 0.315 e. The van der Waals surface area contributed by atoms with Gasteiger partial charge in [0.2, 0.25) is 0 Å². The number of ether oxygens (including phenoxy) is 1. The van der Waals surface area contributed by atoms with Crippen molar-refractivity contribution in [3.05, 3.63) is 65.5 Å². The van der Waals surface area contributed by atoms with Crippen LogP contribution < -0.4 is 4.74 Å². The van der Waals surface area contributed by atoms with Gasteiger partial charge in [0.05, 0.1) is 18.1 Å². The molecule has 0 heterocycles. The van der Waals surface area contributed by atoms with Crippen molar-refractivity contribution in [3.63, 3.8) is 0 Å². The van der Waals surface area contributed by atoms with E-state index in [2.05, 4.69) is 0 Å². The minimum atomic E-state index is -0.546. The number of rotatable bonds is 3. The van der Waals surface area contributed by atoms with E-state index in [-0.39, 0.29) is 6.42 Å². The quantitative estimate of drug-likeness (QED) is 0.626. The second kappa shape index (κ2) is 5.78. The summed E-state index contributed by atoms with van der Waals surface area (Å²) in [7, 11) is 0. The second-order valence-electron chi connectivity index (χ2n) is 3.88. The fraction of sp³-hybridized carbons (Fsp3) is 0.0667. The second-order valence-corrected chi connectivity index (χ2v) is 3.88. The molecule has 0 saturated heterocycles. The molecule has 2 aromatic rings. The molecule has 3 nitrogen and oxygen atoms in total. The highest BCUT2D eigenvalue weighted by Crippen LogP contribution is 2.13. The van der Waals surface area contributed by atoms with Crippen molar-refractivity contribution >= 4 is 5.97 Å². The van der Waals surface area contributed by atoms with E-state index in [0.29, 0.717) is 16.9 Å². The molecule has 19 heavy (non-hydrogen) atoms. The molecule has 0 fully saturated rings. The monoisotopic (exact) mass is 255 g/mol. The Bertz CT molecular complexity index is 629. The Morgan fingerprint density at radius 2 is 1.84 bits per heavy atom. The zero-order chi connectivity index (χ0) is 13.7. The van der Waals surface area contributed by atoms with Gasteiger partial charge >= 0.3 is 5.97 Å². The first-order valence-corrected chi connectivity index (χ1v) is 5.63. The van der Waals surface area contributed by atoms with E-state index in [4.69, 9.17) is 10.00 Å². The zero-order valence-electron chi connectivity index (χ0n) is 9.97. The van der Waals surface area contributed by atoms with Crippen LogP contribution in [0, 0.1) is 17.1 Å². The molecule has 2 aromatic carbocycles. The van der Waals surface area contributed by atoms with Crippen molar-refractivity contribution in [3.8, 4) is 11.8 Å². The van der Waals surface area contributed by atoms with E-state index >= 15 is 0 Å². The maximum Gasteiger partial charge on any atom is 0.315 e. The Morgan fingerprint density at radius 3 is 2.47 bits per heavy atom. The zero-order valence-corrected chi connectivity index (χ0v) is 9.97. The molecular weight excluding hydrogens is 245 g/mol. The number of esters is 1. The van der Waals surface area contributed by atoms with Gasteiger partial charge in [-0.15, -0.1) is 0 Å². The minimum absolute atomic E-state index is 0.132. The number of nitriles is 1. The lowest BCUT2D eigenvalue weighted by Crippen LogP contribution is -2.12. The van der Waals surface area contributed by atoms with Crippen molar-refractivity contribution in [2.75, 3.05) is 0 Å². The molecule has 0 saturated carbocycles. The lowest BCUT2D eigenvalue weighted by atomic mass is 10.1. The fourth-order valence-electron chi connectivity index (χ4n) is 1.56. The SMILES string of the molecule is N#Cc1ccc(OC(=O)Cc2ccccc2F)cc1. The summed E-state index contributed by atoms with van der Waals surface area (Å²) >= 11 is 0. The lowest BCUT2D eigenvalue weighted by Gasteiger charge is -2.05. The molecule has 0 spiro atoms. The number of benzene rings is 2. The van der Waals surface area contributed by atoms with Crippen LogP contribution in [0.4, 0.5) is 4.39 Å². The summed E-state index contributed by atoms with van der Waals surface area (Å²) in [6, 6.07) is 14.2. The van der Waals surface area contributed by atoms with Gasteiger partial charge in [0.25, 0.3) is 0 Å². The van der Waals surface area contributed by atoms with Crippen molar-refractivity contribution in [2.24, 2.45) is 0 Å². The molecular formula is C15H10FNO2. The highest BCUT2D eigenvalue weighted by Gasteiger charge is 2.09. The predicted molar refractivity (Wildman–Crippen MR) is 66.9 cm³/mol. The van der Waals surface area contributed by atoms with Gasteiger partial charge in [-0.05, 0) is 35.9 Å². The van der Waals surface area contributed by atoms with Crippen LogP contribution in [0.5, 0.6) is 5.75 Å². The Kier molecular flexibility index (Phi) is 3.89. The van der Waals surface area contributed by atoms with Crippen LogP contribution >= 0.6 is 0 Å². The van der Waals surface area contributed by atoms with Crippen molar-refractivity contribution in [1.29, 1.82) is 5.26 Å². The molecule has 0 bridgehead atoms. The van der Waals surface area contributed by atoms with Gasteiger partial charge in [0.15, 0.2) is 0 Å². The Morgan fingerprint density at radius 1 is 1.16 bits per heavy atom. The van der Waals surface area contributed by atoms with Crippen LogP contribution in [0.1, 0.15) is 11.1 Å². The van der Waals surface area contributed by atoms with Gasteiger partial charge in [-0.3, -0.25) is 4.79 Å². The third-order valence-corrected chi connectivity index (χ3v) is 2.51. The number of hydrogen-bond donors (Lipinski definition) is 0. The molecule has 0 unspecified atom stereocenters. The van der Waals surface area contributed by atoms with Gasteiger partial charge in [0, 0.05) is 0 Å². The van der Waals surface area contributed by atoms with Crippen LogP contribution in [-0.4, -0.2) is 5.97 Å². The Labute approximate surface area is 109 Å². The Hall–Kier alpha value is -2.67. The average Bonchev–Trinajstić information content (AvgIpc) is 2.42. The van der Waals surface area contributed by atoms with Crippen molar-refractivity contribution in [1.82, 2.24) is 0 Å². The van der Waals surface area contributed by atoms with E-state index in [9.17, 15) is 9.18 Å². The highest BCUT2D eigenvalue weighted by atomic mass is 19.1. The standard InChI is InChI=1S/C15H10FNO2/c16-14-4-2-1-3-12(14)9-15(18)19-13-7-5-11(10-17)6-8-13/h1-8H,9H2. The first-order valence-electron chi connectivity index (χ1n) is 5.63. The van der Waals surface area contributed by atoms with Gasteiger partial charge in [-0.2, -0.15) is 5.26 Å². The Balaban J connectivity index is 2.01. The van der Waals surface area contributed by atoms with Crippen LogP contribution in [0.3, 0.4) is 0 Å². The summed E-state index contributed by atoms with van der Waals surface area (Å²) in [5.41, 5.74) is 0.773. The maximum atomic E-state index is 13.3. The topological polar surface area (TPSA) is 50.1 Å². The highest BCUT2D eigenvalue weighted by molar-refractivity contribution is 5.75. The summed E-state index contributed by atoms with van der Waals surface area (Å²) in [4.78, 5) is 11.6. The molecule has 0 radical (unpaired) electrons. The van der Waals surface area contributed by atoms with E-state index in [1.54, 1.807) is 24.3 Å². The fourth-order valence-corrected chi connectivity index (χ4v) is 1.56. The van der Waals surface area contributed by atoms with E-state index < -0.39 is 11.8 Å². The lowest BCUT2D eigenvalue weighted by molar-refractivity contribution is -0.133. The van der Waals surface area contributed by atoms with Crippen LogP contribution in [0.25, 0.3) is 0 Å². The normalized spacial score (nSPS) is 9.68.